The number of rotatable bonds is 21. The van der Waals surface area contributed by atoms with Crippen LogP contribution in [0.25, 0.3) is 129 Å². The van der Waals surface area contributed by atoms with Crippen LogP contribution in [0.2, 0.25) is 0 Å². The number of halogens is 44. The standard InChI is InChI=1S/C24H35F8N.4C16F9.Al/c1-3-5-7-9-10-11-13-17-33(21-15-14-19(25)18-20(21)26)24(31,32)23(29,30)22(27,28)16-12-8-6-4-2;4*17-3-1-2-4-5-7(11(20)9(2)18)14(23)16(25)15(24)8(5)13(22)12(21)6(4)10(3)19;/h14-15,18H,3-13,16-17H2,1-2H3;;;;;/q;;;;;-1/p+1. The van der Waals surface area contributed by atoms with Crippen LogP contribution in [0.3, 0.4) is 0 Å². The van der Waals surface area contributed by atoms with Crippen LogP contribution in [0.15, 0.2) is 18.2 Å². The van der Waals surface area contributed by atoms with Gasteiger partial charge >= 0.3 is 17.9 Å². The number of benzene rings is 17. The van der Waals surface area contributed by atoms with E-state index in [1.54, 1.807) is 6.92 Å². The number of alkyl halides is 6. The molecule has 0 saturated heterocycles. The van der Waals surface area contributed by atoms with Crippen LogP contribution < -0.4 is 22.6 Å². The van der Waals surface area contributed by atoms with Crippen LogP contribution in [0, 0.1) is 221 Å². The minimum absolute atomic E-state index is 0.00597. The van der Waals surface area contributed by atoms with E-state index >= 15 is 167 Å². The molecule has 0 fully saturated rings. The molecule has 0 aromatic heterocycles. The maximum absolute atomic E-state index is 19.4. The molecule has 17 rings (SSSR count). The van der Waals surface area contributed by atoms with Crippen LogP contribution >= 0.6 is 0 Å². The molecule has 0 aliphatic heterocycles. The average Bonchev–Trinajstić information content (AvgIpc) is 0.644. The first-order valence-corrected chi connectivity index (χ1v) is 41.1. The Kier molecular flexibility index (Phi) is 23.2. The topological polar surface area (TPSA) is 4.44 Å². The second kappa shape index (κ2) is 32.5. The third-order valence-electron chi connectivity index (χ3n) is 24.6. The number of unbranched alkanes of at least 4 members (excludes halogenated alkanes) is 9. The monoisotopic (exact) mass is 1970 g/mol. The van der Waals surface area contributed by atoms with Crippen molar-refractivity contribution in [2.45, 2.75) is 109 Å². The fraction of sp³-hybridized carbons (Fsp3) is 0.205. The SMILES string of the molecule is CCCCCCCCC[NH+](c1ccc(F)cc1F)C(F)(F)C(F)(F)C(F)(F)CCCCCC.Fc1c(F)c2c(F)c(F)c3c(F)c(F)[c]([Al-]([c]4c(F)c(F)c5c(F)c(F)c6c(F)c(F)c(F)c7c(F)c(F)c4c5c67)([c]4c(F)c(F)c5c(F)c(F)c6c(F)c(F)c(F)c7c(F)c(F)c4c5c67)[c]4c(F)c(F)c5c(F)c(F)c6c(F)c(F)c(F)c7c(F)c(F)c4c5c67)c4c(F)c(F)c(c1F)c2c34. The van der Waals surface area contributed by atoms with Crippen LogP contribution in [-0.4, -0.2) is 37.5 Å². The molecule has 134 heavy (non-hydrogen) atoms. The Balaban J connectivity index is 0.000000337. The minimum atomic E-state index is -10.9. The molecule has 0 spiro atoms. The molecular weight excluding hydrogens is 1930 g/mol. The van der Waals surface area contributed by atoms with E-state index in [0.29, 0.717) is 37.8 Å². The van der Waals surface area contributed by atoms with Gasteiger partial charge in [-0.05, 0) is 46.9 Å². The molecule has 0 saturated carbocycles. The lowest BCUT2D eigenvalue weighted by molar-refractivity contribution is -0.949. The van der Waals surface area contributed by atoms with E-state index in [-0.39, 0.29) is 25.3 Å². The molecule has 0 aliphatic rings. The summed E-state index contributed by atoms with van der Waals surface area (Å²) in [6.07, 6.45) is 4.55. The van der Waals surface area contributed by atoms with Gasteiger partial charge in [0.05, 0.1) is 71.2 Å². The van der Waals surface area contributed by atoms with E-state index in [9.17, 15) is 26.3 Å². The molecule has 1 nitrogen and oxygen atoms in total. The number of nitrogens with one attached hydrogen (secondary N) is 1. The summed E-state index contributed by atoms with van der Waals surface area (Å²) in [5.74, 6) is -142. The van der Waals surface area contributed by atoms with Gasteiger partial charge in [0.15, 0.2) is 198 Å². The van der Waals surface area contributed by atoms with Gasteiger partial charge in [0.2, 0.25) is 0 Å². The van der Waals surface area contributed by atoms with Crippen molar-refractivity contribution in [2.24, 2.45) is 0 Å². The number of quaternary nitrogens is 1. The Morgan fingerprint density at radius 3 is 0.619 bits per heavy atom. The van der Waals surface area contributed by atoms with Gasteiger partial charge in [0.25, 0.3) is 13.1 Å². The van der Waals surface area contributed by atoms with Crippen LogP contribution in [0.1, 0.15) is 90.9 Å². The van der Waals surface area contributed by atoms with Gasteiger partial charge in [0.1, 0.15) is 29.1 Å². The number of hydrogen-bond donors (Lipinski definition) is 1. The molecule has 0 amide bonds. The molecule has 17 aromatic carbocycles. The quantitative estimate of drug-likeness (QED) is 0.0183. The highest BCUT2D eigenvalue weighted by Crippen LogP contribution is 2.55. The first-order valence-electron chi connectivity index (χ1n) is 38.8. The summed E-state index contributed by atoms with van der Waals surface area (Å²) in [4.78, 5) is -1.41. The molecule has 1 N–H and O–H groups in total. The minimum Gasteiger partial charge on any atom is -0.234 e. The Hall–Kier alpha value is -11.7. The Morgan fingerprint density at radius 1 is 0.209 bits per heavy atom. The van der Waals surface area contributed by atoms with Gasteiger partial charge < -0.3 is 0 Å². The predicted octanol–water partition coefficient (Wildman–Crippen LogP) is 27.7. The zero-order chi connectivity index (χ0) is 98.6. The van der Waals surface area contributed by atoms with E-state index < -0.39 is 423 Å². The number of hydrogen-bond acceptors (Lipinski definition) is 0. The van der Waals surface area contributed by atoms with Crippen LogP contribution in [0.5, 0.6) is 0 Å². The molecule has 1 atom stereocenters. The smallest absolute Gasteiger partial charge is 0.234 e. The summed E-state index contributed by atoms with van der Waals surface area (Å²) in [6, 6.07) is -3.75. The van der Waals surface area contributed by atoms with Gasteiger partial charge in [-0.15, -0.1) is 8.78 Å². The third-order valence-corrected chi connectivity index (χ3v) is 30.3. The second-order valence-corrected chi connectivity index (χ2v) is 35.5. The summed E-state index contributed by atoms with van der Waals surface area (Å²) in [5.41, 5.74) is -0.950. The third kappa shape index (κ3) is 12.3. The summed E-state index contributed by atoms with van der Waals surface area (Å²) in [6.45, 7) is 3.13. The largest absolute Gasteiger partial charge is 0.464 e. The molecule has 17 aromatic rings. The molecule has 46 heteroatoms. The molecule has 0 radical (unpaired) electrons. The molecule has 0 aliphatic carbocycles. The van der Waals surface area contributed by atoms with E-state index in [4.69, 9.17) is 0 Å². The molecule has 0 bridgehead atoms. The van der Waals surface area contributed by atoms with Gasteiger partial charge in [-0.2, -0.15) is 35.3 Å². The summed E-state index contributed by atoms with van der Waals surface area (Å²) in [5, 5.41) is -70.8. The van der Waals surface area contributed by atoms with Crippen molar-refractivity contribution in [3.05, 3.63) is 239 Å². The zero-order valence-corrected chi connectivity index (χ0v) is 66.8. The lowest BCUT2D eigenvalue weighted by atomic mass is 9.90. The van der Waals surface area contributed by atoms with Crippen molar-refractivity contribution in [3.8, 4) is 0 Å². The summed E-state index contributed by atoms with van der Waals surface area (Å²) in [7, 11) is 0. The Labute approximate surface area is 715 Å². The van der Waals surface area contributed by atoms with Gasteiger partial charge in [-0.3, -0.25) is 0 Å². The fourth-order valence-corrected chi connectivity index (χ4v) is 25.5. The van der Waals surface area contributed by atoms with E-state index in [2.05, 4.69) is 0 Å². The fourth-order valence-electron chi connectivity index (χ4n) is 18.9. The van der Waals surface area contributed by atoms with Crippen LogP contribution in [0.4, 0.5) is 199 Å². The predicted molar refractivity (Wildman–Crippen MR) is 397 cm³/mol. The van der Waals surface area contributed by atoms with E-state index in [1.807, 2.05) is 6.92 Å². The zero-order valence-electron chi connectivity index (χ0n) is 65.6. The highest BCUT2D eigenvalue weighted by Gasteiger charge is 2.77. The molecule has 0 heterocycles. The first kappa shape index (κ1) is 95.5. The van der Waals surface area contributed by atoms with Crippen molar-refractivity contribution in [2.75, 3.05) is 6.54 Å². The van der Waals surface area contributed by atoms with Crippen molar-refractivity contribution >= 4 is 166 Å². The van der Waals surface area contributed by atoms with E-state index in [0.717, 1.165) is 25.7 Å². The van der Waals surface area contributed by atoms with Crippen LogP contribution in [-0.2, 0) is 0 Å². The Bertz CT molecular complexity index is 7110. The van der Waals surface area contributed by atoms with E-state index in [1.165, 1.54) is 0 Å². The van der Waals surface area contributed by atoms with Crippen molar-refractivity contribution in [1.82, 2.24) is 0 Å². The normalized spacial score (nSPS) is 13.2. The van der Waals surface area contributed by atoms with Crippen molar-refractivity contribution in [1.29, 1.82) is 0 Å². The average molecular weight is 1970 g/mol. The maximum atomic E-state index is 19.4. The van der Waals surface area contributed by atoms with Gasteiger partial charge in [-0.1, -0.05) is 65.2 Å². The summed E-state index contributed by atoms with van der Waals surface area (Å²) < 4.78 is 721. The lowest BCUT2D eigenvalue weighted by Gasteiger charge is -2.45. The maximum Gasteiger partial charge on any atom is 0.464 e. The molecule has 1 unspecified atom stereocenters. The molecular formula is C88H36AlF44N. The van der Waals surface area contributed by atoms with Gasteiger partial charge in [-0.25, -0.2) is 172 Å². The van der Waals surface area contributed by atoms with Gasteiger partial charge in [0, 0.05) is 61.6 Å². The Morgan fingerprint density at radius 2 is 0.396 bits per heavy atom. The summed E-state index contributed by atoms with van der Waals surface area (Å²) >= 11 is -10.9. The lowest BCUT2D eigenvalue weighted by Crippen LogP contribution is -3.17. The second-order valence-electron chi connectivity index (χ2n) is 31.5. The van der Waals surface area contributed by atoms with Crippen molar-refractivity contribution < 1.29 is 198 Å². The van der Waals surface area contributed by atoms with Crippen molar-refractivity contribution in [3.63, 3.8) is 0 Å². The molecule has 704 valence electrons. The highest BCUT2D eigenvalue weighted by molar-refractivity contribution is 7.23. The first-order chi connectivity index (χ1) is 62.7. The highest BCUT2D eigenvalue weighted by atomic mass is 27.2.